The van der Waals surface area contributed by atoms with Gasteiger partial charge in [-0.2, -0.15) is 4.98 Å². The molecule has 2 heterocycles. The Morgan fingerprint density at radius 1 is 1.25 bits per heavy atom. The van der Waals surface area contributed by atoms with Crippen LogP contribution < -0.4 is 15.7 Å². The standard InChI is InChI=1S/C23H30N4O4S/c1-30-18-6-2-5-17(15-18)24-21(28)16-32-22-19-7-3-8-20(19)27(23(29)25-22)10-4-9-26-11-13-31-14-12-26/h2,5-6,15H,3-4,7-14,16H2,1H3,(H,24,28). The minimum atomic E-state index is -0.205. The molecule has 1 aliphatic carbocycles. The minimum Gasteiger partial charge on any atom is -0.497 e. The van der Waals surface area contributed by atoms with Crippen molar-refractivity contribution in [3.05, 3.63) is 46.0 Å². The minimum absolute atomic E-state index is 0.133. The highest BCUT2D eigenvalue weighted by atomic mass is 32.2. The van der Waals surface area contributed by atoms with E-state index in [9.17, 15) is 9.59 Å². The van der Waals surface area contributed by atoms with E-state index in [-0.39, 0.29) is 17.3 Å². The fourth-order valence-electron chi connectivity index (χ4n) is 4.25. The average molecular weight is 459 g/mol. The summed E-state index contributed by atoms with van der Waals surface area (Å²) in [5.74, 6) is 0.760. The summed E-state index contributed by atoms with van der Waals surface area (Å²) in [6.45, 7) is 5.14. The van der Waals surface area contributed by atoms with Gasteiger partial charge in [-0.15, -0.1) is 0 Å². The maximum atomic E-state index is 12.8. The quantitative estimate of drug-likeness (QED) is 0.455. The van der Waals surface area contributed by atoms with Gasteiger partial charge in [0.05, 0.1) is 26.1 Å². The van der Waals surface area contributed by atoms with E-state index >= 15 is 0 Å². The summed E-state index contributed by atoms with van der Waals surface area (Å²) >= 11 is 1.34. The third-order valence-corrected chi connectivity index (χ3v) is 6.87. The van der Waals surface area contributed by atoms with Gasteiger partial charge in [0.1, 0.15) is 10.8 Å². The lowest BCUT2D eigenvalue weighted by atomic mass is 10.2. The van der Waals surface area contributed by atoms with Crippen LogP contribution in [0.25, 0.3) is 0 Å². The Labute approximate surface area is 192 Å². The predicted molar refractivity (Wildman–Crippen MR) is 125 cm³/mol. The van der Waals surface area contributed by atoms with Crippen LogP contribution in [0.1, 0.15) is 24.1 Å². The van der Waals surface area contributed by atoms with Gasteiger partial charge >= 0.3 is 5.69 Å². The molecule has 0 radical (unpaired) electrons. The average Bonchev–Trinajstić information content (AvgIpc) is 3.30. The summed E-state index contributed by atoms with van der Waals surface area (Å²) in [4.78, 5) is 31.9. The Morgan fingerprint density at radius 3 is 2.91 bits per heavy atom. The Hall–Kier alpha value is -2.36. The molecule has 2 aliphatic rings. The lowest BCUT2D eigenvalue weighted by molar-refractivity contribution is -0.113. The zero-order chi connectivity index (χ0) is 22.3. The summed E-state index contributed by atoms with van der Waals surface area (Å²) in [6, 6.07) is 7.25. The Bertz CT molecular complexity index is 1000. The highest BCUT2D eigenvalue weighted by molar-refractivity contribution is 8.00. The number of thioether (sulfide) groups is 1. The highest BCUT2D eigenvalue weighted by Gasteiger charge is 2.22. The van der Waals surface area contributed by atoms with Crippen molar-refractivity contribution in [2.24, 2.45) is 0 Å². The molecule has 32 heavy (non-hydrogen) atoms. The molecular formula is C23H30N4O4S. The lowest BCUT2D eigenvalue weighted by Gasteiger charge is -2.26. The Balaban J connectivity index is 1.37. The summed E-state index contributed by atoms with van der Waals surface area (Å²) in [5, 5.41) is 3.58. The molecule has 0 saturated carbocycles. The van der Waals surface area contributed by atoms with Crippen molar-refractivity contribution in [1.29, 1.82) is 0 Å². The lowest BCUT2D eigenvalue weighted by Crippen LogP contribution is -2.37. The topological polar surface area (TPSA) is 85.7 Å². The van der Waals surface area contributed by atoms with Crippen molar-refractivity contribution < 1.29 is 14.3 Å². The summed E-state index contributed by atoms with van der Waals surface area (Å²) in [7, 11) is 1.59. The summed E-state index contributed by atoms with van der Waals surface area (Å²) in [5.41, 5.74) is 2.71. The van der Waals surface area contributed by atoms with Crippen LogP contribution in [0.4, 0.5) is 5.69 Å². The van der Waals surface area contributed by atoms with E-state index in [1.807, 2.05) is 22.8 Å². The molecule has 0 spiro atoms. The number of hydrogen-bond acceptors (Lipinski definition) is 7. The van der Waals surface area contributed by atoms with E-state index in [4.69, 9.17) is 9.47 Å². The predicted octanol–water partition coefficient (Wildman–Crippen LogP) is 2.19. The first kappa shape index (κ1) is 22.8. The molecule has 4 rings (SSSR count). The molecule has 0 atom stereocenters. The number of benzene rings is 1. The Morgan fingerprint density at radius 2 is 2.09 bits per heavy atom. The molecule has 1 fully saturated rings. The SMILES string of the molecule is COc1cccc(NC(=O)CSc2nc(=O)n(CCCN3CCOCC3)c3c2CCC3)c1. The second-order valence-corrected chi connectivity index (χ2v) is 8.97. The van der Waals surface area contributed by atoms with E-state index in [0.717, 1.165) is 69.8 Å². The molecule has 0 bridgehead atoms. The van der Waals surface area contributed by atoms with E-state index in [1.54, 1.807) is 13.2 Å². The molecule has 172 valence electrons. The van der Waals surface area contributed by atoms with Crippen LogP contribution >= 0.6 is 11.8 Å². The van der Waals surface area contributed by atoms with Gasteiger partial charge in [0.25, 0.3) is 0 Å². The third-order valence-electron chi connectivity index (χ3n) is 5.85. The fraction of sp³-hybridized carbons (Fsp3) is 0.522. The number of morpholine rings is 1. The smallest absolute Gasteiger partial charge is 0.348 e. The van der Waals surface area contributed by atoms with E-state index in [0.29, 0.717) is 23.0 Å². The number of aromatic nitrogens is 2. The van der Waals surface area contributed by atoms with Gasteiger partial charge < -0.3 is 14.8 Å². The normalized spacial score (nSPS) is 16.0. The zero-order valence-electron chi connectivity index (χ0n) is 18.5. The number of nitrogens with one attached hydrogen (secondary N) is 1. The number of carbonyl (C=O) groups is 1. The van der Waals surface area contributed by atoms with Crippen molar-refractivity contribution in [2.75, 3.05) is 51.0 Å². The number of anilines is 1. The number of fused-ring (bicyclic) bond motifs is 1. The fourth-order valence-corrected chi connectivity index (χ4v) is 5.12. The van der Waals surface area contributed by atoms with Crippen molar-refractivity contribution in [3.63, 3.8) is 0 Å². The van der Waals surface area contributed by atoms with Gasteiger partial charge in [0.15, 0.2) is 0 Å². The van der Waals surface area contributed by atoms with Gasteiger partial charge in [0.2, 0.25) is 5.91 Å². The number of rotatable bonds is 9. The molecular weight excluding hydrogens is 428 g/mol. The first-order chi connectivity index (χ1) is 15.6. The molecule has 9 heteroatoms. The molecule has 8 nitrogen and oxygen atoms in total. The second-order valence-electron chi connectivity index (χ2n) is 8.01. The van der Waals surface area contributed by atoms with Crippen LogP contribution in [0.15, 0.2) is 34.1 Å². The van der Waals surface area contributed by atoms with Crippen LogP contribution in [0, 0.1) is 0 Å². The van der Waals surface area contributed by atoms with E-state index < -0.39 is 0 Å². The highest BCUT2D eigenvalue weighted by Crippen LogP contribution is 2.29. The van der Waals surface area contributed by atoms with E-state index in [2.05, 4.69) is 15.2 Å². The Kier molecular flexibility index (Phi) is 7.83. The van der Waals surface area contributed by atoms with Gasteiger partial charge in [0, 0.05) is 49.2 Å². The number of ether oxygens (including phenoxy) is 2. The maximum Gasteiger partial charge on any atom is 0.348 e. The maximum absolute atomic E-state index is 12.8. The molecule has 0 unspecified atom stereocenters. The molecule has 1 aromatic carbocycles. The largest absolute Gasteiger partial charge is 0.497 e. The molecule has 1 N–H and O–H groups in total. The number of amides is 1. The second kappa shape index (κ2) is 11.0. The van der Waals surface area contributed by atoms with Crippen molar-refractivity contribution in [2.45, 2.75) is 37.3 Å². The van der Waals surface area contributed by atoms with Gasteiger partial charge in [-0.05, 0) is 37.8 Å². The molecule has 1 saturated heterocycles. The van der Waals surface area contributed by atoms with Crippen LogP contribution in [-0.4, -0.2) is 66.1 Å². The van der Waals surface area contributed by atoms with Crippen molar-refractivity contribution in [3.8, 4) is 5.75 Å². The van der Waals surface area contributed by atoms with Crippen LogP contribution in [0.5, 0.6) is 5.75 Å². The summed E-state index contributed by atoms with van der Waals surface area (Å²) in [6.07, 6.45) is 3.75. The third kappa shape index (κ3) is 5.70. The van der Waals surface area contributed by atoms with Crippen LogP contribution in [-0.2, 0) is 28.9 Å². The molecule has 1 aliphatic heterocycles. The molecule has 1 aromatic heterocycles. The molecule has 1 amide bonds. The number of methoxy groups -OCH3 is 1. The number of nitrogens with zero attached hydrogens (tertiary/aromatic N) is 3. The first-order valence-electron chi connectivity index (χ1n) is 11.1. The monoisotopic (exact) mass is 458 g/mol. The van der Waals surface area contributed by atoms with Gasteiger partial charge in [-0.25, -0.2) is 4.79 Å². The number of carbonyl (C=O) groups excluding carboxylic acids is 1. The van der Waals surface area contributed by atoms with Crippen molar-refractivity contribution in [1.82, 2.24) is 14.5 Å². The van der Waals surface area contributed by atoms with Gasteiger partial charge in [-0.1, -0.05) is 17.8 Å². The van der Waals surface area contributed by atoms with Crippen molar-refractivity contribution >= 4 is 23.4 Å². The first-order valence-corrected chi connectivity index (χ1v) is 12.1. The van der Waals surface area contributed by atoms with Crippen LogP contribution in [0.3, 0.4) is 0 Å². The van der Waals surface area contributed by atoms with Gasteiger partial charge in [-0.3, -0.25) is 14.3 Å². The number of hydrogen-bond donors (Lipinski definition) is 1. The summed E-state index contributed by atoms with van der Waals surface area (Å²) < 4.78 is 12.4. The van der Waals surface area contributed by atoms with E-state index in [1.165, 1.54) is 11.8 Å². The van der Waals surface area contributed by atoms with Crippen LogP contribution in [0.2, 0.25) is 0 Å². The molecule has 2 aromatic rings. The zero-order valence-corrected chi connectivity index (χ0v) is 19.3.